The lowest BCUT2D eigenvalue weighted by Gasteiger charge is -2.08. The number of nitrogens with zero attached hydrogens (tertiary/aromatic N) is 4. The fourth-order valence-corrected chi connectivity index (χ4v) is 6.48. The molecule has 0 bridgehead atoms. The highest BCUT2D eigenvalue weighted by Gasteiger charge is 2.17. The van der Waals surface area contributed by atoms with Crippen molar-refractivity contribution in [1.82, 2.24) is 15.0 Å². The summed E-state index contributed by atoms with van der Waals surface area (Å²) in [6.07, 6.45) is 0. The Morgan fingerprint density at radius 3 is 1.19 bits per heavy atom. The van der Waals surface area contributed by atoms with E-state index in [4.69, 9.17) is 28.2 Å². The molecule has 7 nitrogen and oxygen atoms in total. The molecule has 7 heteroatoms. The van der Waals surface area contributed by atoms with Crippen LogP contribution >= 0.6 is 0 Å². The molecule has 10 aromatic rings. The molecule has 0 saturated carbocycles. The highest BCUT2D eigenvalue weighted by atomic mass is 16.3. The number of hydrogen-bond acceptors (Lipinski definition) is 7. The third-order valence-corrected chi connectivity index (χ3v) is 8.77. The summed E-state index contributed by atoms with van der Waals surface area (Å²) in [5, 5.41) is 15.5. The number of furan rings is 3. The molecule has 47 heavy (non-hydrogen) atoms. The number of fused-ring (bicyclic) bond motifs is 9. The lowest BCUT2D eigenvalue weighted by Crippen LogP contribution is -2.00. The summed E-state index contributed by atoms with van der Waals surface area (Å²) in [4.78, 5) is 14.9. The summed E-state index contributed by atoms with van der Waals surface area (Å²) < 4.78 is 18.6. The molecule has 0 spiro atoms. The minimum atomic E-state index is 0.500. The van der Waals surface area contributed by atoms with Crippen LogP contribution in [0.4, 0.5) is 0 Å². The first kappa shape index (κ1) is 25.5. The highest BCUT2D eigenvalue weighted by molar-refractivity contribution is 6.08. The Morgan fingerprint density at radius 1 is 0.383 bits per heavy atom. The molecule has 0 N–H and O–H groups in total. The van der Waals surface area contributed by atoms with Crippen molar-refractivity contribution in [3.8, 4) is 40.2 Å². The monoisotopic (exact) mass is 604 g/mol. The number of para-hydroxylation sites is 2. The molecule has 0 amide bonds. The summed E-state index contributed by atoms with van der Waals surface area (Å²) in [7, 11) is 0. The Bertz CT molecular complexity index is 2810. The van der Waals surface area contributed by atoms with Crippen LogP contribution in [0.3, 0.4) is 0 Å². The minimum absolute atomic E-state index is 0.500. The van der Waals surface area contributed by atoms with E-state index in [0.717, 1.165) is 71.3 Å². The minimum Gasteiger partial charge on any atom is -0.456 e. The summed E-state index contributed by atoms with van der Waals surface area (Å²) in [6, 6.07) is 41.7. The van der Waals surface area contributed by atoms with Crippen LogP contribution in [-0.4, -0.2) is 15.0 Å². The average Bonchev–Trinajstić information content (AvgIpc) is 3.80. The zero-order valence-electron chi connectivity index (χ0n) is 24.6. The normalized spacial score (nSPS) is 11.8. The van der Waals surface area contributed by atoms with Crippen molar-refractivity contribution in [2.75, 3.05) is 0 Å². The summed E-state index contributed by atoms with van der Waals surface area (Å²) in [5.41, 5.74) is 7.46. The molecular weight excluding hydrogens is 584 g/mol. The maximum atomic E-state index is 9.37. The van der Waals surface area contributed by atoms with E-state index in [2.05, 4.69) is 30.3 Å². The zero-order valence-corrected chi connectivity index (χ0v) is 24.6. The van der Waals surface area contributed by atoms with Crippen molar-refractivity contribution in [2.45, 2.75) is 0 Å². The van der Waals surface area contributed by atoms with Crippen LogP contribution in [0.5, 0.6) is 0 Å². The topological polar surface area (TPSA) is 102 Å². The van der Waals surface area contributed by atoms with Gasteiger partial charge in [0, 0.05) is 49.0 Å². The van der Waals surface area contributed by atoms with Gasteiger partial charge in [0.15, 0.2) is 17.5 Å². The molecule has 0 aliphatic carbocycles. The van der Waals surface area contributed by atoms with Gasteiger partial charge in [0.1, 0.15) is 33.5 Å². The largest absolute Gasteiger partial charge is 0.456 e. The number of nitriles is 1. The molecule has 10 rings (SSSR count). The molecule has 6 aromatic carbocycles. The van der Waals surface area contributed by atoms with Gasteiger partial charge in [-0.15, -0.1) is 0 Å². The third-order valence-electron chi connectivity index (χ3n) is 8.77. The quantitative estimate of drug-likeness (QED) is 0.198. The SMILES string of the molecule is N#Cc1ccc2c(c1)oc1cc(-c3nc(-c4ccc5c(c4)oc4ccccc45)nc(-c4ccc5c(c4)oc4ccccc45)n3)ccc12. The van der Waals surface area contributed by atoms with Crippen LogP contribution in [-0.2, 0) is 0 Å². The van der Waals surface area contributed by atoms with Crippen molar-refractivity contribution >= 4 is 65.8 Å². The second kappa shape index (κ2) is 9.61. The molecule has 0 aliphatic rings. The zero-order chi connectivity index (χ0) is 31.1. The molecular formula is C40H20N4O3. The van der Waals surface area contributed by atoms with Gasteiger partial charge in [0.05, 0.1) is 11.6 Å². The van der Waals surface area contributed by atoms with E-state index in [1.807, 2.05) is 84.9 Å². The third kappa shape index (κ3) is 3.95. The van der Waals surface area contributed by atoms with Crippen molar-refractivity contribution < 1.29 is 13.3 Å². The molecule has 0 aliphatic heterocycles. The first-order valence-electron chi connectivity index (χ1n) is 15.1. The molecule has 0 saturated heterocycles. The number of aromatic nitrogens is 3. The van der Waals surface area contributed by atoms with Gasteiger partial charge >= 0.3 is 0 Å². The second-order valence-corrected chi connectivity index (χ2v) is 11.6. The maximum Gasteiger partial charge on any atom is 0.164 e. The van der Waals surface area contributed by atoms with Crippen LogP contribution < -0.4 is 0 Å². The van der Waals surface area contributed by atoms with Crippen LogP contribution in [0.25, 0.3) is 100.0 Å². The van der Waals surface area contributed by atoms with Gasteiger partial charge in [-0.25, -0.2) is 15.0 Å². The molecule has 0 unspecified atom stereocenters. The predicted molar refractivity (Wildman–Crippen MR) is 183 cm³/mol. The van der Waals surface area contributed by atoms with E-state index in [9.17, 15) is 5.26 Å². The van der Waals surface area contributed by atoms with Crippen LogP contribution in [0.2, 0.25) is 0 Å². The Kier molecular flexibility index (Phi) is 5.22. The van der Waals surface area contributed by atoms with E-state index >= 15 is 0 Å². The van der Waals surface area contributed by atoms with Gasteiger partial charge in [-0.3, -0.25) is 0 Å². The van der Waals surface area contributed by atoms with Gasteiger partial charge in [-0.1, -0.05) is 54.6 Å². The Labute approximate surface area is 265 Å². The number of benzene rings is 6. The Balaban J connectivity index is 1.17. The Morgan fingerprint density at radius 2 is 0.745 bits per heavy atom. The van der Waals surface area contributed by atoms with E-state index in [-0.39, 0.29) is 0 Å². The van der Waals surface area contributed by atoms with Crippen molar-refractivity contribution in [1.29, 1.82) is 5.26 Å². The predicted octanol–water partition coefficient (Wildman–Crippen LogP) is 10.4. The average molecular weight is 605 g/mol. The summed E-state index contributed by atoms with van der Waals surface area (Å²) >= 11 is 0. The van der Waals surface area contributed by atoms with Gasteiger partial charge in [-0.05, 0) is 66.7 Å². The van der Waals surface area contributed by atoms with E-state index in [1.165, 1.54) is 0 Å². The smallest absolute Gasteiger partial charge is 0.164 e. The first-order chi connectivity index (χ1) is 23.2. The second-order valence-electron chi connectivity index (χ2n) is 11.6. The van der Waals surface area contributed by atoms with Gasteiger partial charge in [0.25, 0.3) is 0 Å². The molecule has 0 atom stereocenters. The van der Waals surface area contributed by atoms with Gasteiger partial charge in [0.2, 0.25) is 0 Å². The molecule has 218 valence electrons. The van der Waals surface area contributed by atoms with Gasteiger partial charge < -0.3 is 13.3 Å². The fourth-order valence-electron chi connectivity index (χ4n) is 6.48. The molecule has 0 radical (unpaired) electrons. The fraction of sp³-hybridized carbons (Fsp3) is 0. The van der Waals surface area contributed by atoms with Crippen molar-refractivity contribution in [3.05, 3.63) is 127 Å². The number of rotatable bonds is 3. The molecule has 4 aromatic heterocycles. The summed E-state index contributed by atoms with van der Waals surface area (Å²) in [6.45, 7) is 0. The summed E-state index contributed by atoms with van der Waals surface area (Å²) in [5.74, 6) is 1.53. The lowest BCUT2D eigenvalue weighted by molar-refractivity contribution is 0.668. The first-order valence-corrected chi connectivity index (χ1v) is 15.1. The van der Waals surface area contributed by atoms with Crippen LogP contribution in [0.15, 0.2) is 135 Å². The van der Waals surface area contributed by atoms with Crippen LogP contribution in [0.1, 0.15) is 5.56 Å². The van der Waals surface area contributed by atoms with E-state index in [1.54, 1.807) is 12.1 Å². The maximum absolute atomic E-state index is 9.37. The lowest BCUT2D eigenvalue weighted by atomic mass is 10.1. The number of hydrogen-bond donors (Lipinski definition) is 0. The van der Waals surface area contributed by atoms with E-state index in [0.29, 0.717) is 34.2 Å². The standard InChI is InChI=1S/C40H20N4O3/c41-21-22-9-13-28-31-16-12-25(20-37(31)47-34(28)17-22)40-43-38(23-10-14-29-26-5-1-3-7-32(26)45-35(29)18-23)42-39(44-40)24-11-15-30-27-6-2-4-8-33(27)46-36(30)19-24/h1-20H. The van der Waals surface area contributed by atoms with E-state index < -0.39 is 0 Å². The van der Waals surface area contributed by atoms with Crippen molar-refractivity contribution in [2.24, 2.45) is 0 Å². The highest BCUT2D eigenvalue weighted by Crippen LogP contribution is 2.36. The Hall–Kier alpha value is -6.78. The van der Waals surface area contributed by atoms with Crippen LogP contribution in [0, 0.1) is 11.3 Å². The van der Waals surface area contributed by atoms with Gasteiger partial charge in [-0.2, -0.15) is 5.26 Å². The molecule has 4 heterocycles. The van der Waals surface area contributed by atoms with Crippen molar-refractivity contribution in [3.63, 3.8) is 0 Å². The molecule has 0 fully saturated rings.